The second kappa shape index (κ2) is 4.07. The van der Waals surface area contributed by atoms with Gasteiger partial charge >= 0.3 is 14.2 Å². The van der Waals surface area contributed by atoms with Gasteiger partial charge in [-0.2, -0.15) is 0 Å². The molecule has 17 heavy (non-hydrogen) atoms. The maximum atomic E-state index is 11.1. The molecule has 0 bridgehead atoms. The van der Waals surface area contributed by atoms with Crippen LogP contribution in [0.4, 0.5) is 0 Å². The SMILES string of the molecule is NC1(C(=O)O)CCc2cc(O[P+](=O)O)ccc21. The molecule has 0 aliphatic heterocycles. The van der Waals surface area contributed by atoms with E-state index in [0.717, 1.165) is 5.56 Å². The first-order valence-electron chi connectivity index (χ1n) is 4.93. The minimum Gasteiger partial charge on any atom is -0.480 e. The number of carboxylic acids is 1. The highest BCUT2D eigenvalue weighted by Gasteiger charge is 2.42. The van der Waals surface area contributed by atoms with E-state index in [0.29, 0.717) is 18.4 Å². The zero-order valence-corrected chi connectivity index (χ0v) is 9.68. The highest BCUT2D eigenvalue weighted by Crippen LogP contribution is 2.38. The maximum absolute atomic E-state index is 11.1. The summed E-state index contributed by atoms with van der Waals surface area (Å²) in [6.45, 7) is 0. The van der Waals surface area contributed by atoms with E-state index in [2.05, 4.69) is 4.52 Å². The van der Waals surface area contributed by atoms with Crippen molar-refractivity contribution < 1.29 is 23.9 Å². The van der Waals surface area contributed by atoms with Crippen LogP contribution in [0, 0.1) is 0 Å². The van der Waals surface area contributed by atoms with E-state index in [1.807, 2.05) is 0 Å². The third kappa shape index (κ3) is 2.02. The van der Waals surface area contributed by atoms with E-state index in [-0.39, 0.29) is 5.75 Å². The van der Waals surface area contributed by atoms with Crippen molar-refractivity contribution in [2.75, 3.05) is 0 Å². The minimum atomic E-state index is -2.72. The highest BCUT2D eigenvalue weighted by molar-refractivity contribution is 7.32. The van der Waals surface area contributed by atoms with E-state index in [1.54, 1.807) is 6.07 Å². The van der Waals surface area contributed by atoms with Gasteiger partial charge < -0.3 is 10.8 Å². The molecule has 0 amide bonds. The topological polar surface area (TPSA) is 110 Å². The van der Waals surface area contributed by atoms with E-state index in [1.165, 1.54) is 12.1 Å². The first kappa shape index (κ1) is 12.0. The van der Waals surface area contributed by atoms with Crippen LogP contribution in [0.5, 0.6) is 5.75 Å². The molecule has 0 saturated carbocycles. The molecule has 1 aromatic carbocycles. The van der Waals surface area contributed by atoms with Gasteiger partial charge in [0, 0.05) is 4.57 Å². The van der Waals surface area contributed by atoms with E-state index in [9.17, 15) is 9.36 Å². The fourth-order valence-electron chi connectivity index (χ4n) is 2.05. The van der Waals surface area contributed by atoms with Gasteiger partial charge in [-0.3, -0.25) is 0 Å². The zero-order valence-electron chi connectivity index (χ0n) is 8.79. The van der Waals surface area contributed by atoms with Gasteiger partial charge in [0.25, 0.3) is 0 Å². The molecule has 1 aliphatic carbocycles. The van der Waals surface area contributed by atoms with Gasteiger partial charge in [0.15, 0.2) is 5.75 Å². The Morgan fingerprint density at radius 2 is 2.24 bits per heavy atom. The van der Waals surface area contributed by atoms with Gasteiger partial charge in [-0.15, -0.1) is 4.89 Å². The van der Waals surface area contributed by atoms with Crippen molar-refractivity contribution in [3.8, 4) is 5.75 Å². The summed E-state index contributed by atoms with van der Waals surface area (Å²) in [4.78, 5) is 19.7. The molecule has 7 heteroatoms. The molecule has 6 nitrogen and oxygen atoms in total. The number of benzene rings is 1. The predicted octanol–water partition coefficient (Wildman–Crippen LogP) is 0.900. The monoisotopic (exact) mass is 256 g/mol. The van der Waals surface area contributed by atoms with Crippen LogP contribution in [0.15, 0.2) is 18.2 Å². The van der Waals surface area contributed by atoms with E-state index in [4.69, 9.17) is 15.7 Å². The van der Waals surface area contributed by atoms with Crippen molar-refractivity contribution in [2.45, 2.75) is 18.4 Å². The highest BCUT2D eigenvalue weighted by atomic mass is 31.1. The Hall–Kier alpha value is -1.49. The molecule has 1 aromatic rings. The zero-order chi connectivity index (χ0) is 12.6. The first-order chi connectivity index (χ1) is 7.93. The van der Waals surface area contributed by atoms with Crippen LogP contribution in [0.1, 0.15) is 17.5 Å². The van der Waals surface area contributed by atoms with E-state index >= 15 is 0 Å². The molecule has 0 saturated heterocycles. The van der Waals surface area contributed by atoms with Crippen LogP contribution in [-0.2, 0) is 21.3 Å². The van der Waals surface area contributed by atoms with Crippen molar-refractivity contribution in [2.24, 2.45) is 5.73 Å². The fraction of sp³-hybridized carbons (Fsp3) is 0.300. The molecule has 0 fully saturated rings. The summed E-state index contributed by atoms with van der Waals surface area (Å²) in [5.74, 6) is -0.833. The van der Waals surface area contributed by atoms with Crippen LogP contribution < -0.4 is 10.3 Å². The van der Waals surface area contributed by atoms with Crippen LogP contribution in [0.2, 0.25) is 0 Å². The van der Waals surface area contributed by atoms with Crippen molar-refractivity contribution >= 4 is 14.2 Å². The number of hydrogen-bond donors (Lipinski definition) is 3. The number of carboxylic acid groups (broad SMARTS) is 1. The summed E-state index contributed by atoms with van der Waals surface area (Å²) in [5.41, 5.74) is 5.72. The van der Waals surface area contributed by atoms with Crippen molar-refractivity contribution in [3.63, 3.8) is 0 Å². The largest absolute Gasteiger partial charge is 0.747 e. The number of aryl methyl sites for hydroxylation is 1. The van der Waals surface area contributed by atoms with Crippen molar-refractivity contribution in [1.82, 2.24) is 0 Å². The Balaban J connectivity index is 2.38. The second-order valence-corrected chi connectivity index (χ2v) is 4.58. The maximum Gasteiger partial charge on any atom is 0.747 e. The van der Waals surface area contributed by atoms with Gasteiger partial charge in [-0.1, -0.05) is 6.07 Å². The molecule has 2 unspecified atom stereocenters. The molecule has 0 heterocycles. The first-order valence-corrected chi connectivity index (χ1v) is 6.06. The molecule has 2 atom stereocenters. The predicted molar refractivity (Wildman–Crippen MR) is 58.7 cm³/mol. The Bertz CT molecular complexity index is 503. The average molecular weight is 256 g/mol. The van der Waals surface area contributed by atoms with E-state index < -0.39 is 19.8 Å². The lowest BCUT2D eigenvalue weighted by Crippen LogP contribution is -2.42. The molecule has 90 valence electrons. The average Bonchev–Trinajstić information content (AvgIpc) is 2.57. The van der Waals surface area contributed by atoms with Gasteiger partial charge in [0.2, 0.25) is 0 Å². The Labute approximate surface area is 98.0 Å². The number of carbonyl (C=O) groups is 1. The van der Waals surface area contributed by atoms with Crippen molar-refractivity contribution in [1.29, 1.82) is 0 Å². The quantitative estimate of drug-likeness (QED) is 0.693. The number of nitrogens with two attached hydrogens (primary N) is 1. The van der Waals surface area contributed by atoms with Crippen LogP contribution >= 0.6 is 8.25 Å². The summed E-state index contributed by atoms with van der Waals surface area (Å²) >= 11 is 0. The summed E-state index contributed by atoms with van der Waals surface area (Å²) in [7, 11) is -2.72. The summed E-state index contributed by atoms with van der Waals surface area (Å²) in [6.07, 6.45) is 0.823. The standard InChI is InChI=1S/C10H10NO5P/c11-10(9(12)13)4-3-6-5-7(16-17(14)15)1-2-8(6)10/h1-2,5H,3-4,11H2,(H-,12,13,14,15)/p+1. The third-order valence-electron chi connectivity index (χ3n) is 2.91. The Kier molecular flexibility index (Phi) is 2.87. The second-order valence-electron chi connectivity index (χ2n) is 3.92. The number of fused-ring (bicyclic) bond motifs is 1. The molecular formula is C10H11NO5P+. The summed E-state index contributed by atoms with van der Waals surface area (Å²) < 4.78 is 15.2. The molecule has 1 aliphatic rings. The fourth-order valence-corrected chi connectivity index (χ4v) is 2.34. The van der Waals surface area contributed by atoms with Gasteiger partial charge in [0.1, 0.15) is 5.54 Å². The molecule has 4 N–H and O–H groups in total. The summed E-state index contributed by atoms with van der Waals surface area (Å²) in [5, 5.41) is 9.09. The lowest BCUT2D eigenvalue weighted by atomic mass is 9.93. The molecule has 0 spiro atoms. The molecule has 0 radical (unpaired) electrons. The van der Waals surface area contributed by atoms with Crippen LogP contribution in [-0.4, -0.2) is 16.0 Å². The lowest BCUT2D eigenvalue weighted by Gasteiger charge is -2.19. The minimum absolute atomic E-state index is 0.238. The number of rotatable bonds is 3. The molecule has 0 aromatic heterocycles. The van der Waals surface area contributed by atoms with Gasteiger partial charge in [0.05, 0.1) is 0 Å². The number of aliphatic carboxylic acids is 1. The lowest BCUT2D eigenvalue weighted by molar-refractivity contribution is -0.143. The van der Waals surface area contributed by atoms with Crippen LogP contribution in [0.25, 0.3) is 0 Å². The van der Waals surface area contributed by atoms with Crippen LogP contribution in [0.3, 0.4) is 0 Å². The Morgan fingerprint density at radius 3 is 2.82 bits per heavy atom. The Morgan fingerprint density at radius 1 is 1.53 bits per heavy atom. The van der Waals surface area contributed by atoms with Crippen molar-refractivity contribution in [3.05, 3.63) is 29.3 Å². The molecule has 2 rings (SSSR count). The smallest absolute Gasteiger partial charge is 0.480 e. The third-order valence-corrected chi connectivity index (χ3v) is 3.28. The number of hydrogen-bond acceptors (Lipinski definition) is 4. The van der Waals surface area contributed by atoms with Gasteiger partial charge in [-0.05, 0) is 36.1 Å². The summed E-state index contributed by atoms with van der Waals surface area (Å²) in [6, 6.07) is 4.53. The van der Waals surface area contributed by atoms with Gasteiger partial charge in [-0.25, -0.2) is 9.32 Å². The normalized spacial score (nSPS) is 23.1. The molecular weight excluding hydrogens is 245 g/mol.